The average Bonchev–Trinajstić information content (AvgIpc) is 2.24. The summed E-state index contributed by atoms with van der Waals surface area (Å²) in [6, 6.07) is 8.32. The number of benzene rings is 1. The Labute approximate surface area is 110 Å². The highest BCUT2D eigenvalue weighted by Gasteiger charge is 2.17. The van der Waals surface area contributed by atoms with Gasteiger partial charge in [-0.25, -0.2) is 0 Å². The minimum absolute atomic E-state index is 0.117. The fourth-order valence-corrected chi connectivity index (χ4v) is 2.00. The summed E-state index contributed by atoms with van der Waals surface area (Å²) in [4.78, 5) is 2.29. The highest BCUT2D eigenvalue weighted by molar-refractivity contribution is 6.31. The molecule has 0 fully saturated rings. The van der Waals surface area contributed by atoms with Crippen molar-refractivity contribution < 1.29 is 0 Å². The molecule has 1 atom stereocenters. The van der Waals surface area contributed by atoms with Gasteiger partial charge in [-0.05, 0) is 45.9 Å². The van der Waals surface area contributed by atoms with Crippen LogP contribution < -0.4 is 5.73 Å². The summed E-state index contributed by atoms with van der Waals surface area (Å²) < 4.78 is 0. The normalized spacial score (nSPS) is 14.1. The molecule has 0 aromatic heterocycles. The van der Waals surface area contributed by atoms with Crippen LogP contribution in [0.15, 0.2) is 24.3 Å². The van der Waals surface area contributed by atoms with Gasteiger partial charge in [0.1, 0.15) is 0 Å². The smallest absolute Gasteiger partial charge is 0.0453 e. The molecule has 0 aliphatic heterocycles. The largest absolute Gasteiger partial charge is 0.326 e. The van der Waals surface area contributed by atoms with Gasteiger partial charge in [-0.1, -0.05) is 29.8 Å². The zero-order valence-electron chi connectivity index (χ0n) is 11.2. The molecule has 3 heteroatoms. The average molecular weight is 255 g/mol. The monoisotopic (exact) mass is 254 g/mol. The topological polar surface area (TPSA) is 29.3 Å². The molecule has 0 saturated carbocycles. The maximum atomic E-state index is 6.20. The lowest BCUT2D eigenvalue weighted by Gasteiger charge is -2.29. The van der Waals surface area contributed by atoms with Gasteiger partial charge in [0.2, 0.25) is 0 Å². The fraction of sp³-hybridized carbons (Fsp3) is 0.571. The van der Waals surface area contributed by atoms with Crippen molar-refractivity contribution in [3.05, 3.63) is 34.9 Å². The number of hydrogen-bond donors (Lipinski definition) is 1. The predicted molar refractivity (Wildman–Crippen MR) is 75.4 cm³/mol. The Morgan fingerprint density at radius 3 is 2.47 bits per heavy atom. The van der Waals surface area contributed by atoms with Crippen LogP contribution in [0.3, 0.4) is 0 Å². The van der Waals surface area contributed by atoms with E-state index in [0.717, 1.165) is 18.0 Å². The van der Waals surface area contributed by atoms with Crippen LogP contribution in [0, 0.1) is 0 Å². The van der Waals surface area contributed by atoms with E-state index in [1.807, 2.05) is 18.2 Å². The minimum atomic E-state index is -0.117. The van der Waals surface area contributed by atoms with E-state index in [9.17, 15) is 0 Å². The van der Waals surface area contributed by atoms with E-state index in [2.05, 4.69) is 38.8 Å². The van der Waals surface area contributed by atoms with Crippen molar-refractivity contribution in [2.24, 2.45) is 5.73 Å². The quantitative estimate of drug-likeness (QED) is 0.872. The van der Waals surface area contributed by atoms with E-state index >= 15 is 0 Å². The van der Waals surface area contributed by atoms with Crippen LogP contribution >= 0.6 is 11.6 Å². The molecule has 0 aliphatic rings. The van der Waals surface area contributed by atoms with Crippen LogP contribution in [-0.2, 0) is 0 Å². The number of nitrogens with two attached hydrogens (primary N) is 1. The summed E-state index contributed by atoms with van der Waals surface area (Å²) in [6.07, 6.45) is 0.971. The Bertz CT molecular complexity index is 357. The standard InChI is InChI=1S/C14H23ClN2/c1-11(12-7-5-6-8-13(12)15)17(4)10-9-14(2,3)16/h5-8,11H,9-10,16H2,1-4H3. The summed E-state index contributed by atoms with van der Waals surface area (Å²) in [7, 11) is 2.11. The Hall–Kier alpha value is -0.570. The Morgan fingerprint density at radius 2 is 1.94 bits per heavy atom. The molecule has 0 aliphatic carbocycles. The van der Waals surface area contributed by atoms with Gasteiger partial charge in [-0.3, -0.25) is 4.90 Å². The first-order valence-electron chi connectivity index (χ1n) is 6.05. The Balaban J connectivity index is 2.64. The molecule has 0 heterocycles. The molecule has 2 nitrogen and oxygen atoms in total. The third-order valence-corrected chi connectivity index (χ3v) is 3.47. The van der Waals surface area contributed by atoms with Crippen LogP contribution in [-0.4, -0.2) is 24.0 Å². The molecule has 1 aromatic rings. The second-order valence-electron chi connectivity index (χ2n) is 5.42. The third-order valence-electron chi connectivity index (χ3n) is 3.13. The molecule has 0 radical (unpaired) electrons. The van der Waals surface area contributed by atoms with E-state index < -0.39 is 0 Å². The first-order chi connectivity index (χ1) is 7.81. The summed E-state index contributed by atoms with van der Waals surface area (Å²) in [5, 5.41) is 0.832. The zero-order valence-corrected chi connectivity index (χ0v) is 12.0. The summed E-state index contributed by atoms with van der Waals surface area (Å²) in [6.45, 7) is 7.25. The maximum Gasteiger partial charge on any atom is 0.0453 e. The molecule has 0 spiro atoms. The van der Waals surface area contributed by atoms with E-state index in [1.165, 1.54) is 5.56 Å². The van der Waals surface area contributed by atoms with E-state index in [4.69, 9.17) is 17.3 Å². The van der Waals surface area contributed by atoms with Gasteiger partial charge in [0.25, 0.3) is 0 Å². The van der Waals surface area contributed by atoms with Gasteiger partial charge in [0.05, 0.1) is 0 Å². The minimum Gasteiger partial charge on any atom is -0.326 e. The molecule has 0 bridgehead atoms. The van der Waals surface area contributed by atoms with Crippen LogP contribution in [0.5, 0.6) is 0 Å². The molecule has 1 unspecified atom stereocenters. The van der Waals surface area contributed by atoms with Gasteiger partial charge >= 0.3 is 0 Å². The van der Waals surface area contributed by atoms with Crippen molar-refractivity contribution in [3.8, 4) is 0 Å². The van der Waals surface area contributed by atoms with E-state index in [-0.39, 0.29) is 5.54 Å². The molecular formula is C14H23ClN2. The van der Waals surface area contributed by atoms with Crippen molar-refractivity contribution in [1.82, 2.24) is 4.90 Å². The van der Waals surface area contributed by atoms with Crippen molar-refractivity contribution in [1.29, 1.82) is 0 Å². The lowest BCUT2D eigenvalue weighted by molar-refractivity contribution is 0.238. The summed E-state index contributed by atoms with van der Waals surface area (Å²) in [5.74, 6) is 0. The molecule has 0 amide bonds. The first-order valence-corrected chi connectivity index (χ1v) is 6.42. The molecule has 17 heavy (non-hydrogen) atoms. The van der Waals surface area contributed by atoms with Gasteiger partial charge in [-0.15, -0.1) is 0 Å². The molecule has 1 aromatic carbocycles. The molecule has 1 rings (SSSR count). The van der Waals surface area contributed by atoms with Gasteiger partial charge in [0, 0.05) is 23.1 Å². The van der Waals surface area contributed by atoms with Crippen LogP contribution in [0.1, 0.15) is 38.8 Å². The van der Waals surface area contributed by atoms with Gasteiger partial charge in [-0.2, -0.15) is 0 Å². The molecule has 96 valence electrons. The van der Waals surface area contributed by atoms with E-state index in [1.54, 1.807) is 0 Å². The number of hydrogen-bond acceptors (Lipinski definition) is 2. The Kier molecular flexibility index (Phi) is 4.99. The van der Waals surface area contributed by atoms with Crippen LogP contribution in [0.4, 0.5) is 0 Å². The molecule has 0 saturated heterocycles. The van der Waals surface area contributed by atoms with Gasteiger partial charge in [0.15, 0.2) is 0 Å². The third kappa shape index (κ3) is 4.66. The second kappa shape index (κ2) is 5.85. The lowest BCUT2D eigenvalue weighted by atomic mass is 10.0. The fourth-order valence-electron chi connectivity index (χ4n) is 1.71. The Morgan fingerprint density at radius 1 is 1.35 bits per heavy atom. The number of halogens is 1. The zero-order chi connectivity index (χ0) is 13.1. The molecular weight excluding hydrogens is 232 g/mol. The first kappa shape index (κ1) is 14.5. The number of nitrogens with zero attached hydrogens (tertiary/aromatic N) is 1. The highest BCUT2D eigenvalue weighted by Crippen LogP contribution is 2.26. The van der Waals surface area contributed by atoms with Crippen molar-refractivity contribution in [2.75, 3.05) is 13.6 Å². The van der Waals surface area contributed by atoms with E-state index in [0.29, 0.717) is 6.04 Å². The number of rotatable bonds is 5. The van der Waals surface area contributed by atoms with Crippen molar-refractivity contribution in [2.45, 2.75) is 38.8 Å². The summed E-state index contributed by atoms with van der Waals surface area (Å²) in [5.41, 5.74) is 7.06. The predicted octanol–water partition coefficient (Wildman–Crippen LogP) is 3.46. The summed E-state index contributed by atoms with van der Waals surface area (Å²) >= 11 is 6.20. The highest BCUT2D eigenvalue weighted by atomic mass is 35.5. The lowest BCUT2D eigenvalue weighted by Crippen LogP contribution is -2.37. The van der Waals surface area contributed by atoms with Crippen LogP contribution in [0.25, 0.3) is 0 Å². The van der Waals surface area contributed by atoms with Gasteiger partial charge < -0.3 is 5.73 Å². The van der Waals surface area contributed by atoms with Crippen molar-refractivity contribution >= 4 is 11.6 Å². The van der Waals surface area contributed by atoms with Crippen molar-refractivity contribution in [3.63, 3.8) is 0 Å². The van der Waals surface area contributed by atoms with Crippen LogP contribution in [0.2, 0.25) is 5.02 Å². The molecule has 2 N–H and O–H groups in total. The second-order valence-corrected chi connectivity index (χ2v) is 5.82. The SMILES string of the molecule is CC(c1ccccc1Cl)N(C)CCC(C)(C)N. The maximum absolute atomic E-state index is 6.20.